The van der Waals surface area contributed by atoms with Crippen LogP contribution in [0.15, 0.2) is 23.6 Å². The van der Waals surface area contributed by atoms with Crippen LogP contribution >= 0.6 is 11.3 Å². The summed E-state index contributed by atoms with van der Waals surface area (Å²) in [6.45, 7) is 4.05. The molecule has 0 amide bonds. The molecule has 0 radical (unpaired) electrons. The van der Waals surface area contributed by atoms with Crippen molar-refractivity contribution in [3.05, 3.63) is 45.7 Å². The van der Waals surface area contributed by atoms with Gasteiger partial charge >= 0.3 is 0 Å². The van der Waals surface area contributed by atoms with Crippen molar-refractivity contribution in [1.29, 1.82) is 0 Å². The minimum atomic E-state index is -0.243. The number of hydrogen-bond acceptors (Lipinski definition) is 3. The Morgan fingerprint density at radius 2 is 2.19 bits per heavy atom. The Balaban J connectivity index is 2.02. The third-order valence-corrected chi connectivity index (χ3v) is 3.11. The molecule has 2 aromatic rings. The van der Waals surface area contributed by atoms with E-state index in [2.05, 4.69) is 4.98 Å². The summed E-state index contributed by atoms with van der Waals surface area (Å²) in [6.07, 6.45) is 0. The predicted octanol–water partition coefficient (Wildman–Crippen LogP) is 3.48. The van der Waals surface area contributed by atoms with E-state index in [-0.39, 0.29) is 5.82 Å². The topological polar surface area (TPSA) is 22.1 Å². The van der Waals surface area contributed by atoms with E-state index < -0.39 is 0 Å². The van der Waals surface area contributed by atoms with Crippen molar-refractivity contribution in [2.75, 3.05) is 0 Å². The molecule has 0 saturated carbocycles. The van der Waals surface area contributed by atoms with Crippen molar-refractivity contribution in [3.63, 3.8) is 0 Å². The van der Waals surface area contributed by atoms with Crippen LogP contribution in [0.1, 0.15) is 16.3 Å². The number of halogens is 1. The fourth-order valence-electron chi connectivity index (χ4n) is 1.28. The zero-order valence-electron chi connectivity index (χ0n) is 9.16. The highest BCUT2D eigenvalue weighted by Crippen LogP contribution is 2.18. The summed E-state index contributed by atoms with van der Waals surface area (Å²) < 4.78 is 18.7. The SMILES string of the molecule is Cc1csc(COc2ccc(C)c(F)c2)n1. The van der Waals surface area contributed by atoms with Gasteiger partial charge in [0.1, 0.15) is 23.2 Å². The second-order valence-electron chi connectivity index (χ2n) is 3.58. The molecule has 0 fully saturated rings. The molecule has 0 aliphatic heterocycles. The minimum Gasteiger partial charge on any atom is -0.486 e. The van der Waals surface area contributed by atoms with Gasteiger partial charge in [0.2, 0.25) is 0 Å². The van der Waals surface area contributed by atoms with Gasteiger partial charge in [0.15, 0.2) is 0 Å². The van der Waals surface area contributed by atoms with Crippen LogP contribution in [-0.4, -0.2) is 4.98 Å². The molecular weight excluding hydrogens is 225 g/mol. The zero-order chi connectivity index (χ0) is 11.5. The van der Waals surface area contributed by atoms with Crippen molar-refractivity contribution >= 4 is 11.3 Å². The lowest BCUT2D eigenvalue weighted by Crippen LogP contribution is -1.95. The number of rotatable bonds is 3. The van der Waals surface area contributed by atoms with E-state index in [0.717, 1.165) is 10.7 Å². The molecule has 0 atom stereocenters. The Morgan fingerprint density at radius 1 is 1.38 bits per heavy atom. The average Bonchev–Trinajstić information content (AvgIpc) is 2.66. The van der Waals surface area contributed by atoms with Crippen LogP contribution in [0.25, 0.3) is 0 Å². The predicted molar refractivity (Wildman–Crippen MR) is 62.3 cm³/mol. The molecular formula is C12H12FNOS. The standard InChI is InChI=1S/C12H12FNOS/c1-8-3-4-10(5-11(8)13)15-6-12-14-9(2)7-16-12/h3-5,7H,6H2,1-2H3. The van der Waals surface area contributed by atoms with Crippen LogP contribution in [-0.2, 0) is 6.61 Å². The molecule has 1 heterocycles. The molecule has 4 heteroatoms. The number of nitrogens with zero attached hydrogens (tertiary/aromatic N) is 1. The summed E-state index contributed by atoms with van der Waals surface area (Å²) in [6, 6.07) is 4.87. The van der Waals surface area contributed by atoms with Crippen molar-refractivity contribution in [2.45, 2.75) is 20.5 Å². The molecule has 2 rings (SSSR count). The summed E-state index contributed by atoms with van der Waals surface area (Å²) in [5.74, 6) is 0.295. The molecule has 1 aromatic heterocycles. The van der Waals surface area contributed by atoms with Gasteiger partial charge in [0.25, 0.3) is 0 Å². The lowest BCUT2D eigenvalue weighted by atomic mass is 10.2. The summed E-state index contributed by atoms with van der Waals surface area (Å²) >= 11 is 1.55. The van der Waals surface area contributed by atoms with Gasteiger partial charge in [0.05, 0.1) is 0 Å². The van der Waals surface area contributed by atoms with E-state index in [9.17, 15) is 4.39 Å². The average molecular weight is 237 g/mol. The first-order valence-corrected chi connectivity index (χ1v) is 5.83. The molecule has 1 aromatic carbocycles. The van der Waals surface area contributed by atoms with E-state index >= 15 is 0 Å². The molecule has 2 nitrogen and oxygen atoms in total. The molecule has 0 spiro atoms. The Morgan fingerprint density at radius 3 is 2.81 bits per heavy atom. The number of benzene rings is 1. The highest BCUT2D eigenvalue weighted by molar-refractivity contribution is 7.09. The van der Waals surface area contributed by atoms with Gasteiger partial charge in [-0.1, -0.05) is 6.07 Å². The number of thiazole rings is 1. The van der Waals surface area contributed by atoms with Crippen LogP contribution in [0.3, 0.4) is 0 Å². The fraction of sp³-hybridized carbons (Fsp3) is 0.250. The van der Waals surface area contributed by atoms with Gasteiger partial charge < -0.3 is 4.74 Å². The normalized spacial score (nSPS) is 10.4. The summed E-state index contributed by atoms with van der Waals surface area (Å²) in [4.78, 5) is 4.27. The van der Waals surface area contributed by atoms with Crippen molar-refractivity contribution in [1.82, 2.24) is 4.98 Å². The molecule has 0 aliphatic carbocycles. The van der Waals surface area contributed by atoms with E-state index in [1.807, 2.05) is 12.3 Å². The van der Waals surface area contributed by atoms with E-state index in [0.29, 0.717) is 17.9 Å². The second kappa shape index (κ2) is 4.61. The van der Waals surface area contributed by atoms with Crippen LogP contribution < -0.4 is 4.74 Å². The third-order valence-electron chi connectivity index (χ3n) is 2.17. The van der Waals surface area contributed by atoms with Gasteiger partial charge in [-0.3, -0.25) is 0 Å². The smallest absolute Gasteiger partial charge is 0.140 e. The van der Waals surface area contributed by atoms with Gasteiger partial charge in [-0.15, -0.1) is 11.3 Å². The van der Waals surface area contributed by atoms with E-state index in [1.54, 1.807) is 30.4 Å². The Labute approximate surface area is 97.7 Å². The molecule has 0 bridgehead atoms. The number of hydrogen-bond donors (Lipinski definition) is 0. The molecule has 0 N–H and O–H groups in total. The third kappa shape index (κ3) is 2.58. The Bertz CT molecular complexity index is 496. The molecule has 84 valence electrons. The lowest BCUT2D eigenvalue weighted by molar-refractivity contribution is 0.303. The van der Waals surface area contributed by atoms with Gasteiger partial charge in [-0.25, -0.2) is 9.37 Å². The first kappa shape index (κ1) is 11.1. The largest absolute Gasteiger partial charge is 0.486 e. The van der Waals surface area contributed by atoms with Gasteiger partial charge in [-0.05, 0) is 25.5 Å². The number of aryl methyl sites for hydroxylation is 2. The maximum absolute atomic E-state index is 13.2. The van der Waals surface area contributed by atoms with Crippen LogP contribution in [0.2, 0.25) is 0 Å². The van der Waals surface area contributed by atoms with E-state index in [4.69, 9.17) is 4.74 Å². The van der Waals surface area contributed by atoms with Gasteiger partial charge in [0, 0.05) is 17.1 Å². The Kier molecular flexibility index (Phi) is 3.19. The second-order valence-corrected chi connectivity index (χ2v) is 4.52. The van der Waals surface area contributed by atoms with Crippen LogP contribution in [0.5, 0.6) is 5.75 Å². The van der Waals surface area contributed by atoms with Gasteiger partial charge in [-0.2, -0.15) is 0 Å². The number of aromatic nitrogens is 1. The minimum absolute atomic E-state index is 0.243. The monoisotopic (exact) mass is 237 g/mol. The van der Waals surface area contributed by atoms with Crippen LogP contribution in [0.4, 0.5) is 4.39 Å². The van der Waals surface area contributed by atoms with E-state index in [1.165, 1.54) is 6.07 Å². The van der Waals surface area contributed by atoms with Crippen LogP contribution in [0, 0.1) is 19.7 Å². The fourth-order valence-corrected chi connectivity index (χ4v) is 1.96. The Hall–Kier alpha value is -1.42. The van der Waals surface area contributed by atoms with Crippen molar-refractivity contribution in [3.8, 4) is 5.75 Å². The summed E-state index contributed by atoms with van der Waals surface area (Å²) in [7, 11) is 0. The lowest BCUT2D eigenvalue weighted by Gasteiger charge is -2.04. The maximum atomic E-state index is 13.2. The maximum Gasteiger partial charge on any atom is 0.140 e. The molecule has 0 unspecified atom stereocenters. The molecule has 0 aliphatic rings. The van der Waals surface area contributed by atoms with Crippen molar-refractivity contribution < 1.29 is 9.13 Å². The molecule has 16 heavy (non-hydrogen) atoms. The summed E-state index contributed by atoms with van der Waals surface area (Å²) in [5, 5.41) is 2.87. The zero-order valence-corrected chi connectivity index (χ0v) is 9.97. The number of ether oxygens (including phenoxy) is 1. The van der Waals surface area contributed by atoms with Crippen molar-refractivity contribution in [2.24, 2.45) is 0 Å². The highest BCUT2D eigenvalue weighted by atomic mass is 32.1. The quantitative estimate of drug-likeness (QED) is 0.815. The molecule has 0 saturated heterocycles. The highest BCUT2D eigenvalue weighted by Gasteiger charge is 2.02. The summed E-state index contributed by atoms with van der Waals surface area (Å²) in [5.41, 5.74) is 1.61. The first-order valence-electron chi connectivity index (χ1n) is 4.95. The first-order chi connectivity index (χ1) is 7.65.